The molecule has 0 spiro atoms. The van der Waals surface area contributed by atoms with E-state index in [-0.39, 0.29) is 0 Å². The molecule has 0 aliphatic carbocycles. The summed E-state index contributed by atoms with van der Waals surface area (Å²) in [6, 6.07) is 0. The Kier molecular flexibility index (Phi) is 2.79. The summed E-state index contributed by atoms with van der Waals surface area (Å²) in [5.74, 6) is 2.00. The second kappa shape index (κ2) is 4.06. The van der Waals surface area contributed by atoms with E-state index < -0.39 is 0 Å². The zero-order valence-electron chi connectivity index (χ0n) is 8.44. The predicted molar refractivity (Wildman–Crippen MR) is 51.5 cm³/mol. The van der Waals surface area contributed by atoms with Gasteiger partial charge < -0.3 is 15.2 Å². The molecule has 1 aliphatic heterocycles. The molecule has 1 fully saturated rings. The van der Waals surface area contributed by atoms with Gasteiger partial charge in [-0.25, -0.2) is 0 Å². The fourth-order valence-corrected chi connectivity index (χ4v) is 1.91. The third-order valence-electron chi connectivity index (χ3n) is 2.64. The van der Waals surface area contributed by atoms with Gasteiger partial charge in [0.05, 0.1) is 6.54 Å². The molecule has 14 heavy (non-hydrogen) atoms. The normalized spacial score (nSPS) is 23.1. The molecule has 0 bridgehead atoms. The lowest BCUT2D eigenvalue weighted by Gasteiger charge is -2.06. The summed E-state index contributed by atoms with van der Waals surface area (Å²) in [5, 5.41) is 3.89. The van der Waals surface area contributed by atoms with E-state index in [4.69, 9.17) is 10.3 Å². The van der Waals surface area contributed by atoms with E-state index in [1.165, 1.54) is 13.0 Å². The van der Waals surface area contributed by atoms with Crippen LogP contribution in [0.2, 0.25) is 0 Å². The first-order valence-electron chi connectivity index (χ1n) is 4.98. The minimum absolute atomic E-state index is 0.331. The van der Waals surface area contributed by atoms with Crippen molar-refractivity contribution in [3.8, 4) is 0 Å². The number of aromatic nitrogens is 2. The monoisotopic (exact) mass is 196 g/mol. The van der Waals surface area contributed by atoms with Crippen molar-refractivity contribution >= 4 is 0 Å². The Balaban J connectivity index is 1.90. The molecule has 1 saturated heterocycles. The smallest absolute Gasteiger partial charge is 0.240 e. The summed E-state index contributed by atoms with van der Waals surface area (Å²) in [4.78, 5) is 6.52. The van der Waals surface area contributed by atoms with Gasteiger partial charge in [0.15, 0.2) is 5.82 Å². The molecule has 2 rings (SSSR count). The summed E-state index contributed by atoms with van der Waals surface area (Å²) in [5.41, 5.74) is 5.39. The molecule has 1 aliphatic rings. The summed E-state index contributed by atoms with van der Waals surface area (Å²) in [6.45, 7) is 2.64. The van der Waals surface area contributed by atoms with Crippen molar-refractivity contribution < 1.29 is 4.52 Å². The van der Waals surface area contributed by atoms with Gasteiger partial charge in [0.25, 0.3) is 0 Å². The van der Waals surface area contributed by atoms with Crippen molar-refractivity contribution in [3.63, 3.8) is 0 Å². The van der Waals surface area contributed by atoms with Crippen LogP contribution in [0.4, 0.5) is 0 Å². The van der Waals surface area contributed by atoms with Crippen LogP contribution in [0.5, 0.6) is 0 Å². The average molecular weight is 196 g/mol. The lowest BCUT2D eigenvalue weighted by molar-refractivity contribution is 0.366. The summed E-state index contributed by atoms with van der Waals surface area (Å²) in [6.07, 6.45) is 2.14. The highest BCUT2D eigenvalue weighted by molar-refractivity contribution is 4.90. The number of nitrogens with two attached hydrogens (primary N) is 1. The molecule has 2 N–H and O–H groups in total. The Morgan fingerprint density at radius 2 is 2.50 bits per heavy atom. The van der Waals surface area contributed by atoms with Crippen molar-refractivity contribution in [2.75, 3.05) is 20.1 Å². The van der Waals surface area contributed by atoms with Crippen LogP contribution in [0.3, 0.4) is 0 Å². The van der Waals surface area contributed by atoms with Gasteiger partial charge in [0, 0.05) is 13.0 Å². The molecular formula is C9H16N4O. The standard InChI is InChI=1S/C9H16N4O/c1-13-3-2-7(6-13)4-8-11-9(5-10)14-12-8/h7H,2-6,10H2,1H3. The van der Waals surface area contributed by atoms with Gasteiger partial charge in [-0.05, 0) is 25.9 Å². The molecule has 1 aromatic rings. The first-order valence-corrected chi connectivity index (χ1v) is 4.98. The van der Waals surface area contributed by atoms with Gasteiger partial charge in [-0.1, -0.05) is 5.16 Å². The van der Waals surface area contributed by atoms with Gasteiger partial charge in [0.1, 0.15) is 0 Å². The van der Waals surface area contributed by atoms with Gasteiger partial charge in [-0.3, -0.25) is 0 Å². The number of nitrogens with zero attached hydrogens (tertiary/aromatic N) is 3. The number of hydrogen-bond donors (Lipinski definition) is 1. The molecule has 0 radical (unpaired) electrons. The first kappa shape index (κ1) is 9.61. The van der Waals surface area contributed by atoms with Crippen LogP contribution in [-0.4, -0.2) is 35.2 Å². The summed E-state index contributed by atoms with van der Waals surface area (Å²) in [7, 11) is 2.14. The van der Waals surface area contributed by atoms with E-state index in [9.17, 15) is 0 Å². The predicted octanol–water partition coefficient (Wildman–Crippen LogP) is 0.0225. The SMILES string of the molecule is CN1CCC(Cc2noc(CN)n2)C1. The number of hydrogen-bond acceptors (Lipinski definition) is 5. The molecule has 5 nitrogen and oxygen atoms in total. The van der Waals surface area contributed by atoms with E-state index in [1.54, 1.807) is 0 Å². The molecule has 0 saturated carbocycles. The topological polar surface area (TPSA) is 68.2 Å². The summed E-state index contributed by atoms with van der Waals surface area (Å²) < 4.78 is 4.95. The zero-order chi connectivity index (χ0) is 9.97. The van der Waals surface area contributed by atoms with Crippen LogP contribution in [-0.2, 0) is 13.0 Å². The lowest BCUT2D eigenvalue weighted by atomic mass is 10.1. The molecule has 0 aromatic carbocycles. The van der Waals surface area contributed by atoms with Crippen LogP contribution in [0.1, 0.15) is 18.1 Å². The van der Waals surface area contributed by atoms with Crippen LogP contribution < -0.4 is 5.73 Å². The molecule has 1 atom stereocenters. The molecule has 78 valence electrons. The molecule has 1 aromatic heterocycles. The van der Waals surface area contributed by atoms with Crippen molar-refractivity contribution in [2.24, 2.45) is 11.7 Å². The first-order chi connectivity index (χ1) is 6.78. The molecule has 1 unspecified atom stereocenters. The van der Waals surface area contributed by atoms with Gasteiger partial charge >= 0.3 is 0 Å². The highest BCUT2D eigenvalue weighted by Crippen LogP contribution is 2.17. The molecular weight excluding hydrogens is 180 g/mol. The van der Waals surface area contributed by atoms with E-state index in [1.807, 2.05) is 0 Å². The Morgan fingerprint density at radius 1 is 1.64 bits per heavy atom. The molecule has 5 heteroatoms. The van der Waals surface area contributed by atoms with Gasteiger partial charge in [-0.2, -0.15) is 4.98 Å². The van der Waals surface area contributed by atoms with Crippen LogP contribution in [0.25, 0.3) is 0 Å². The maximum atomic E-state index is 5.39. The Hall–Kier alpha value is -0.940. The highest BCUT2D eigenvalue weighted by Gasteiger charge is 2.21. The van der Waals surface area contributed by atoms with E-state index >= 15 is 0 Å². The van der Waals surface area contributed by atoms with E-state index in [0.29, 0.717) is 18.4 Å². The van der Waals surface area contributed by atoms with Gasteiger partial charge in [-0.15, -0.1) is 0 Å². The zero-order valence-corrected chi connectivity index (χ0v) is 8.44. The second-order valence-electron chi connectivity index (χ2n) is 3.93. The number of rotatable bonds is 3. The van der Waals surface area contributed by atoms with E-state index in [0.717, 1.165) is 18.8 Å². The molecule has 0 amide bonds. The highest BCUT2D eigenvalue weighted by atomic mass is 16.5. The fraction of sp³-hybridized carbons (Fsp3) is 0.778. The lowest BCUT2D eigenvalue weighted by Crippen LogP contribution is -2.15. The van der Waals surface area contributed by atoms with Crippen molar-refractivity contribution in [2.45, 2.75) is 19.4 Å². The Labute approximate surface area is 83.3 Å². The average Bonchev–Trinajstić information content (AvgIpc) is 2.76. The maximum Gasteiger partial charge on any atom is 0.240 e. The second-order valence-corrected chi connectivity index (χ2v) is 3.93. The third kappa shape index (κ3) is 2.10. The van der Waals surface area contributed by atoms with Crippen molar-refractivity contribution in [1.29, 1.82) is 0 Å². The number of likely N-dealkylation sites (tertiary alicyclic amines) is 1. The maximum absolute atomic E-state index is 5.39. The largest absolute Gasteiger partial charge is 0.338 e. The Morgan fingerprint density at radius 3 is 3.07 bits per heavy atom. The quantitative estimate of drug-likeness (QED) is 0.738. The van der Waals surface area contributed by atoms with Crippen LogP contribution in [0, 0.1) is 5.92 Å². The summed E-state index contributed by atoms with van der Waals surface area (Å²) >= 11 is 0. The van der Waals surface area contributed by atoms with E-state index in [2.05, 4.69) is 22.1 Å². The molecule has 2 heterocycles. The van der Waals surface area contributed by atoms with Crippen molar-refractivity contribution in [1.82, 2.24) is 15.0 Å². The Bertz CT molecular complexity index is 299. The minimum atomic E-state index is 0.331. The third-order valence-corrected chi connectivity index (χ3v) is 2.64. The van der Waals surface area contributed by atoms with Crippen molar-refractivity contribution in [3.05, 3.63) is 11.7 Å². The van der Waals surface area contributed by atoms with Crippen LogP contribution >= 0.6 is 0 Å². The van der Waals surface area contributed by atoms with Gasteiger partial charge in [0.2, 0.25) is 5.89 Å². The fourth-order valence-electron chi connectivity index (χ4n) is 1.91. The van der Waals surface area contributed by atoms with Crippen LogP contribution in [0.15, 0.2) is 4.52 Å². The minimum Gasteiger partial charge on any atom is -0.338 e.